The van der Waals surface area contributed by atoms with Gasteiger partial charge >= 0.3 is 7.12 Å². The van der Waals surface area contributed by atoms with E-state index < -0.39 is 7.12 Å². The fourth-order valence-corrected chi connectivity index (χ4v) is 13.7. The minimum absolute atomic E-state index is 0.504. The van der Waals surface area contributed by atoms with Crippen LogP contribution in [0.3, 0.4) is 0 Å². The third-order valence-corrected chi connectivity index (χ3v) is 18.4. The van der Waals surface area contributed by atoms with Crippen LogP contribution < -0.4 is 5.46 Å². The van der Waals surface area contributed by atoms with E-state index in [1.54, 1.807) is 12.1 Å². The van der Waals surface area contributed by atoms with Crippen molar-refractivity contribution in [3.8, 4) is 67.0 Å². The van der Waals surface area contributed by atoms with Crippen molar-refractivity contribution < 1.29 is 10.0 Å². The van der Waals surface area contributed by atoms with Crippen molar-refractivity contribution in [2.24, 2.45) is 0 Å². The van der Waals surface area contributed by atoms with Gasteiger partial charge < -0.3 is 19.2 Å². The van der Waals surface area contributed by atoms with Crippen LogP contribution in [0.5, 0.6) is 0 Å². The number of benzene rings is 15. The van der Waals surface area contributed by atoms with Gasteiger partial charge in [-0.25, -0.2) is 0 Å². The van der Waals surface area contributed by atoms with Crippen LogP contribution in [-0.4, -0.2) is 26.3 Å². The van der Waals surface area contributed by atoms with Crippen LogP contribution >= 0.6 is 31.9 Å². The summed E-state index contributed by atoms with van der Waals surface area (Å²) < 4.78 is 6.90. The molecule has 17 aromatic rings. The fourth-order valence-electron chi connectivity index (χ4n) is 13.0. The largest absolute Gasteiger partial charge is 0.488 e. The number of rotatable bonds is 8. The summed E-state index contributed by atoms with van der Waals surface area (Å²) >= 11 is 7.16. The first-order chi connectivity index (χ1) is 44.8. The summed E-state index contributed by atoms with van der Waals surface area (Å²) in [5.41, 5.74) is 19.7. The van der Waals surface area contributed by atoms with E-state index in [0.717, 1.165) is 25.8 Å². The van der Waals surface area contributed by atoms with Gasteiger partial charge in [0.2, 0.25) is 0 Å². The van der Waals surface area contributed by atoms with Crippen LogP contribution in [0, 0.1) is 0 Å². The van der Waals surface area contributed by atoms with Gasteiger partial charge in [0.25, 0.3) is 0 Å². The Balaban J connectivity index is 0.000000140. The molecular formula is C84H57BBr2N2O2. The number of hydrogen-bond donors (Lipinski definition) is 2. The summed E-state index contributed by atoms with van der Waals surface area (Å²) in [7, 11) is -1.42. The van der Waals surface area contributed by atoms with E-state index in [1.807, 2.05) is 36.4 Å². The van der Waals surface area contributed by atoms with Crippen LogP contribution in [-0.2, 0) is 0 Å². The molecule has 0 bridgehead atoms. The van der Waals surface area contributed by atoms with Gasteiger partial charge in [0.05, 0.1) is 22.1 Å². The van der Waals surface area contributed by atoms with E-state index in [-0.39, 0.29) is 0 Å². The third-order valence-electron chi connectivity index (χ3n) is 17.4. The molecule has 0 aliphatic carbocycles. The number of aromatic nitrogens is 2. The van der Waals surface area contributed by atoms with Gasteiger partial charge in [0.1, 0.15) is 0 Å². The maximum atomic E-state index is 9.11. The highest BCUT2D eigenvalue weighted by Gasteiger charge is 2.17. The monoisotopic (exact) mass is 1290 g/mol. The standard InChI is InChI=1S/C50H33N.C18H11Br2N.C16H13BO2/c1-2-14-42(15-3-1)51-49-30-28-40(34-20-24-38(25-21-34)45-18-8-12-36-10-4-6-16-43(36)45)32-47(49)48-33-41(29-31-50(48)51)35-22-26-39(27-23-35)46-19-9-13-37-11-5-7-17-44(37)46;19-12-6-8-17-15(10-12)16-11-13(20)7-9-18(16)21(17)14-4-2-1-3-5-14;18-17(19)14-10-8-13(9-11-14)16-7-3-5-12-4-1-2-6-15(12)16/h1-33H;1-11H;1-11,18-19H. The number of halogens is 2. The van der Waals surface area contributed by atoms with Crippen molar-refractivity contribution in [2.75, 3.05) is 0 Å². The lowest BCUT2D eigenvalue weighted by molar-refractivity contribution is 0.426. The molecule has 2 N–H and O–H groups in total. The Morgan fingerprint density at radius 3 is 0.879 bits per heavy atom. The first kappa shape index (κ1) is 57.1. The SMILES string of the molecule is Brc1ccc2c(c1)c1cc(Br)ccc1n2-c1ccccc1.OB(O)c1ccc(-c2cccc3ccccc23)cc1.c1ccc(-n2c3ccc(-c4ccc(-c5cccc6ccccc56)cc4)cc3c3cc(-c4ccc(-c5cccc6ccccc56)cc4)ccc32)cc1. The average molecular weight is 1300 g/mol. The zero-order chi connectivity index (χ0) is 61.4. The Hall–Kier alpha value is -10.4. The molecule has 2 aromatic heterocycles. The maximum Gasteiger partial charge on any atom is 0.488 e. The van der Waals surface area contributed by atoms with Crippen molar-refractivity contribution in [1.29, 1.82) is 0 Å². The number of hydrogen-bond acceptors (Lipinski definition) is 2. The molecule has 17 rings (SSSR count). The molecule has 0 spiro atoms. The smallest absolute Gasteiger partial charge is 0.423 e. The minimum atomic E-state index is -1.42. The summed E-state index contributed by atoms with van der Waals surface area (Å²) in [6.45, 7) is 0. The summed E-state index contributed by atoms with van der Waals surface area (Å²) in [4.78, 5) is 0. The molecule has 15 aromatic carbocycles. The molecule has 0 saturated carbocycles. The molecular weight excluding hydrogens is 1240 g/mol. The van der Waals surface area contributed by atoms with Crippen LogP contribution in [0.25, 0.3) is 143 Å². The summed E-state index contributed by atoms with van der Waals surface area (Å²) in [5, 5.41) is 30.7. The molecule has 0 aliphatic heterocycles. The number of para-hydroxylation sites is 2. The van der Waals surface area contributed by atoms with Crippen molar-refractivity contribution >= 4 is 120 Å². The van der Waals surface area contributed by atoms with Crippen LogP contribution in [0.15, 0.2) is 343 Å². The average Bonchev–Trinajstić information content (AvgIpc) is 2.14. The van der Waals surface area contributed by atoms with Gasteiger partial charge in [0, 0.05) is 41.9 Å². The van der Waals surface area contributed by atoms with E-state index in [9.17, 15) is 0 Å². The molecule has 4 nitrogen and oxygen atoms in total. The van der Waals surface area contributed by atoms with E-state index in [1.165, 1.54) is 126 Å². The second-order valence-electron chi connectivity index (χ2n) is 22.9. The normalized spacial score (nSPS) is 11.3. The number of nitrogens with zero attached hydrogens (tertiary/aromatic N) is 2. The highest BCUT2D eigenvalue weighted by atomic mass is 79.9. The van der Waals surface area contributed by atoms with Crippen molar-refractivity contribution in [3.05, 3.63) is 343 Å². The molecule has 0 fully saturated rings. The van der Waals surface area contributed by atoms with Crippen molar-refractivity contribution in [3.63, 3.8) is 0 Å². The van der Waals surface area contributed by atoms with Crippen LogP contribution in [0.2, 0.25) is 0 Å². The van der Waals surface area contributed by atoms with Crippen LogP contribution in [0.4, 0.5) is 0 Å². The van der Waals surface area contributed by atoms with Gasteiger partial charge in [-0.05, 0) is 178 Å². The molecule has 0 atom stereocenters. The number of fused-ring (bicyclic) bond motifs is 9. The lowest BCUT2D eigenvalue weighted by Gasteiger charge is -2.10. The maximum absolute atomic E-state index is 9.11. The van der Waals surface area contributed by atoms with E-state index >= 15 is 0 Å². The fraction of sp³-hybridized carbons (Fsp3) is 0. The molecule has 91 heavy (non-hydrogen) atoms. The van der Waals surface area contributed by atoms with E-state index in [2.05, 4.69) is 326 Å². The highest BCUT2D eigenvalue weighted by Crippen LogP contribution is 2.40. The summed E-state index contributed by atoms with van der Waals surface area (Å²) in [5.74, 6) is 0. The zero-order valence-electron chi connectivity index (χ0n) is 49.4. The van der Waals surface area contributed by atoms with Gasteiger partial charge in [-0.15, -0.1) is 0 Å². The molecule has 432 valence electrons. The quantitative estimate of drug-likeness (QED) is 0.149. The molecule has 0 amide bonds. The second-order valence-corrected chi connectivity index (χ2v) is 24.7. The minimum Gasteiger partial charge on any atom is -0.423 e. The Bertz CT molecular complexity index is 5260. The molecule has 0 saturated heterocycles. The van der Waals surface area contributed by atoms with Crippen molar-refractivity contribution in [2.45, 2.75) is 0 Å². The third kappa shape index (κ3) is 11.2. The summed E-state index contributed by atoms with van der Waals surface area (Å²) in [6.07, 6.45) is 0. The Morgan fingerprint density at radius 2 is 0.516 bits per heavy atom. The summed E-state index contributed by atoms with van der Waals surface area (Å²) in [6, 6.07) is 118. The molecule has 7 heteroatoms. The zero-order valence-corrected chi connectivity index (χ0v) is 52.5. The van der Waals surface area contributed by atoms with Crippen molar-refractivity contribution in [1.82, 2.24) is 9.13 Å². The van der Waals surface area contributed by atoms with Gasteiger partial charge in [-0.3, -0.25) is 0 Å². The molecule has 0 radical (unpaired) electrons. The lowest BCUT2D eigenvalue weighted by atomic mass is 9.79. The molecule has 0 unspecified atom stereocenters. The van der Waals surface area contributed by atoms with Gasteiger partial charge in [-0.1, -0.05) is 281 Å². The van der Waals surface area contributed by atoms with Gasteiger partial charge in [-0.2, -0.15) is 0 Å². The Morgan fingerprint density at radius 1 is 0.231 bits per heavy atom. The first-order valence-electron chi connectivity index (χ1n) is 30.5. The highest BCUT2D eigenvalue weighted by molar-refractivity contribution is 9.10. The topological polar surface area (TPSA) is 50.3 Å². The lowest BCUT2D eigenvalue weighted by Crippen LogP contribution is -2.29. The predicted molar refractivity (Wildman–Crippen MR) is 393 cm³/mol. The van der Waals surface area contributed by atoms with E-state index in [0.29, 0.717) is 5.46 Å². The van der Waals surface area contributed by atoms with E-state index in [4.69, 9.17) is 10.0 Å². The predicted octanol–water partition coefficient (Wildman–Crippen LogP) is 22.3. The Kier molecular flexibility index (Phi) is 15.6. The first-order valence-corrected chi connectivity index (χ1v) is 32.1. The molecule has 2 heterocycles. The second kappa shape index (κ2) is 24.9. The van der Waals surface area contributed by atoms with Gasteiger partial charge in [0.15, 0.2) is 0 Å². The van der Waals surface area contributed by atoms with Crippen LogP contribution in [0.1, 0.15) is 0 Å². The molecule has 0 aliphatic rings. The Labute approximate surface area is 545 Å².